The highest BCUT2D eigenvalue weighted by Crippen LogP contribution is 2.35. The first kappa shape index (κ1) is 16.3. The number of sulfonamides is 1. The van der Waals surface area contributed by atoms with Gasteiger partial charge in [0.2, 0.25) is 10.0 Å². The molecule has 2 aromatic rings. The summed E-state index contributed by atoms with van der Waals surface area (Å²) in [6, 6.07) is 12.2. The van der Waals surface area contributed by atoms with Crippen LogP contribution < -0.4 is 14.4 Å². The first-order valence-corrected chi connectivity index (χ1v) is 9.32. The number of carbonyl (C=O) groups is 1. The van der Waals surface area contributed by atoms with Gasteiger partial charge in [0, 0.05) is 11.3 Å². The molecule has 0 spiro atoms. The molecule has 1 aliphatic heterocycles. The molecule has 7 heteroatoms. The first-order chi connectivity index (χ1) is 11.3. The zero-order chi connectivity index (χ0) is 17.3. The van der Waals surface area contributed by atoms with Gasteiger partial charge in [-0.1, -0.05) is 17.7 Å². The van der Waals surface area contributed by atoms with Gasteiger partial charge >= 0.3 is 0 Å². The number of rotatable bonds is 3. The molecule has 2 aromatic carbocycles. The molecule has 0 saturated carbocycles. The number of nitrogens with zero attached hydrogens (tertiary/aromatic N) is 1. The summed E-state index contributed by atoms with van der Waals surface area (Å²) in [5, 5.41) is 2.78. The van der Waals surface area contributed by atoms with E-state index in [1.54, 1.807) is 30.3 Å². The van der Waals surface area contributed by atoms with Crippen LogP contribution in [0.15, 0.2) is 42.5 Å². The lowest BCUT2D eigenvalue weighted by Gasteiger charge is -2.29. The van der Waals surface area contributed by atoms with E-state index >= 15 is 0 Å². The number of nitrogens with one attached hydrogen (secondary N) is 1. The van der Waals surface area contributed by atoms with E-state index in [1.165, 1.54) is 4.31 Å². The Kier molecular flexibility index (Phi) is 4.19. The van der Waals surface area contributed by atoms with Crippen LogP contribution in [0.4, 0.5) is 11.4 Å². The molecule has 0 unspecified atom stereocenters. The van der Waals surface area contributed by atoms with E-state index in [0.717, 1.165) is 11.8 Å². The Balaban J connectivity index is 1.88. The second-order valence-corrected chi connectivity index (χ2v) is 7.59. The van der Waals surface area contributed by atoms with Crippen LogP contribution in [0.5, 0.6) is 5.75 Å². The predicted molar refractivity (Wildman–Crippen MR) is 93.3 cm³/mol. The number of hydrogen-bond donors (Lipinski definition) is 1. The minimum atomic E-state index is -3.40. The molecule has 1 amide bonds. The molecule has 0 radical (unpaired) electrons. The van der Waals surface area contributed by atoms with Gasteiger partial charge in [-0.25, -0.2) is 8.42 Å². The molecule has 0 aliphatic carbocycles. The van der Waals surface area contributed by atoms with E-state index in [0.29, 0.717) is 29.3 Å². The third-order valence-corrected chi connectivity index (χ3v) is 4.93. The van der Waals surface area contributed by atoms with E-state index in [2.05, 4.69) is 5.32 Å². The number of anilines is 2. The number of ether oxygens (including phenoxy) is 1. The summed E-state index contributed by atoms with van der Waals surface area (Å²) < 4.78 is 30.6. The largest absolute Gasteiger partial charge is 0.489 e. The highest BCUT2D eigenvalue weighted by atomic mass is 32.2. The van der Waals surface area contributed by atoms with Gasteiger partial charge in [-0.15, -0.1) is 0 Å². The molecule has 0 saturated heterocycles. The van der Waals surface area contributed by atoms with Crippen LogP contribution in [-0.2, 0) is 10.0 Å². The summed E-state index contributed by atoms with van der Waals surface area (Å²) in [7, 11) is -3.40. The van der Waals surface area contributed by atoms with Crippen LogP contribution in [0.25, 0.3) is 0 Å². The van der Waals surface area contributed by atoms with Crippen molar-refractivity contribution in [3.8, 4) is 5.75 Å². The summed E-state index contributed by atoms with van der Waals surface area (Å²) in [6.07, 6.45) is 1.15. The number of aryl methyl sites for hydroxylation is 1. The van der Waals surface area contributed by atoms with Crippen molar-refractivity contribution in [2.24, 2.45) is 0 Å². The van der Waals surface area contributed by atoms with Gasteiger partial charge in [-0.2, -0.15) is 0 Å². The molecular weight excluding hydrogens is 328 g/mol. The third kappa shape index (κ3) is 3.35. The Morgan fingerprint density at radius 1 is 1.17 bits per heavy atom. The smallest absolute Gasteiger partial charge is 0.255 e. The first-order valence-electron chi connectivity index (χ1n) is 7.47. The monoisotopic (exact) mass is 346 g/mol. The van der Waals surface area contributed by atoms with Crippen LogP contribution in [0, 0.1) is 6.92 Å². The maximum Gasteiger partial charge on any atom is 0.255 e. The fourth-order valence-electron chi connectivity index (χ4n) is 2.52. The maximum atomic E-state index is 12.3. The van der Waals surface area contributed by atoms with E-state index in [1.807, 2.05) is 19.1 Å². The molecule has 126 valence electrons. The molecule has 3 rings (SSSR count). The Bertz CT molecular complexity index is 876. The van der Waals surface area contributed by atoms with E-state index in [4.69, 9.17) is 4.74 Å². The van der Waals surface area contributed by atoms with E-state index in [9.17, 15) is 13.2 Å². The van der Waals surface area contributed by atoms with Crippen molar-refractivity contribution in [1.82, 2.24) is 0 Å². The number of hydrogen-bond acceptors (Lipinski definition) is 4. The molecule has 24 heavy (non-hydrogen) atoms. The Labute approximate surface area is 141 Å². The Morgan fingerprint density at radius 2 is 1.88 bits per heavy atom. The SMILES string of the molecule is Cc1ccc(C(=O)Nc2ccc3c(c2)N(S(C)(=O)=O)CCO3)cc1. The highest BCUT2D eigenvalue weighted by Gasteiger charge is 2.25. The lowest BCUT2D eigenvalue weighted by atomic mass is 10.1. The van der Waals surface area contributed by atoms with Gasteiger partial charge in [-0.05, 0) is 37.3 Å². The summed E-state index contributed by atoms with van der Waals surface area (Å²) >= 11 is 0. The Morgan fingerprint density at radius 3 is 2.54 bits per heavy atom. The average Bonchev–Trinajstić information content (AvgIpc) is 2.54. The Hall–Kier alpha value is -2.54. The fourth-order valence-corrected chi connectivity index (χ4v) is 3.43. The second kappa shape index (κ2) is 6.16. The number of amides is 1. The van der Waals surface area contributed by atoms with E-state index < -0.39 is 10.0 Å². The molecule has 0 atom stereocenters. The molecule has 0 aromatic heterocycles. The van der Waals surface area contributed by atoms with Gasteiger partial charge < -0.3 is 10.1 Å². The van der Waals surface area contributed by atoms with Gasteiger partial charge in [0.1, 0.15) is 12.4 Å². The predicted octanol–water partition coefficient (Wildman–Crippen LogP) is 2.41. The minimum Gasteiger partial charge on any atom is -0.489 e. The zero-order valence-electron chi connectivity index (χ0n) is 13.4. The normalized spacial score (nSPS) is 13.8. The number of benzene rings is 2. The average molecular weight is 346 g/mol. The number of fused-ring (bicyclic) bond motifs is 1. The van der Waals surface area contributed by atoms with Crippen molar-refractivity contribution < 1.29 is 17.9 Å². The van der Waals surface area contributed by atoms with Gasteiger partial charge in [-0.3, -0.25) is 9.10 Å². The van der Waals surface area contributed by atoms with Crippen LogP contribution >= 0.6 is 0 Å². The van der Waals surface area contributed by atoms with Gasteiger partial charge in [0.25, 0.3) is 5.91 Å². The standard InChI is InChI=1S/C17H18N2O4S/c1-12-3-5-13(6-4-12)17(20)18-14-7-8-16-15(11-14)19(9-10-23-16)24(2,21)22/h3-8,11H,9-10H2,1-2H3,(H,18,20). The topological polar surface area (TPSA) is 75.7 Å². The molecule has 0 fully saturated rings. The quantitative estimate of drug-likeness (QED) is 0.926. The van der Waals surface area contributed by atoms with Crippen molar-refractivity contribution in [3.63, 3.8) is 0 Å². The fraction of sp³-hybridized carbons (Fsp3) is 0.235. The summed E-state index contributed by atoms with van der Waals surface area (Å²) in [5.74, 6) is 0.234. The van der Waals surface area contributed by atoms with Crippen LogP contribution in [0.3, 0.4) is 0 Å². The molecule has 6 nitrogen and oxygen atoms in total. The molecule has 1 aliphatic rings. The summed E-state index contributed by atoms with van der Waals surface area (Å²) in [4.78, 5) is 12.3. The highest BCUT2D eigenvalue weighted by molar-refractivity contribution is 7.92. The van der Waals surface area contributed by atoms with Crippen molar-refractivity contribution in [2.75, 3.05) is 29.0 Å². The summed E-state index contributed by atoms with van der Waals surface area (Å²) in [6.45, 7) is 2.50. The van der Waals surface area contributed by atoms with Crippen LogP contribution in [0.2, 0.25) is 0 Å². The molecule has 0 bridgehead atoms. The van der Waals surface area contributed by atoms with Gasteiger partial charge in [0.05, 0.1) is 18.5 Å². The molecular formula is C17H18N2O4S. The zero-order valence-corrected chi connectivity index (χ0v) is 14.3. The lowest BCUT2D eigenvalue weighted by molar-refractivity contribution is 0.102. The maximum absolute atomic E-state index is 12.3. The second-order valence-electron chi connectivity index (χ2n) is 5.69. The van der Waals surface area contributed by atoms with Crippen molar-refractivity contribution in [1.29, 1.82) is 0 Å². The summed E-state index contributed by atoms with van der Waals surface area (Å²) in [5.41, 5.74) is 2.56. The van der Waals surface area contributed by atoms with Crippen LogP contribution in [0.1, 0.15) is 15.9 Å². The van der Waals surface area contributed by atoms with Crippen LogP contribution in [-0.4, -0.2) is 33.7 Å². The van der Waals surface area contributed by atoms with Crippen molar-refractivity contribution >= 4 is 27.3 Å². The third-order valence-electron chi connectivity index (χ3n) is 3.75. The van der Waals surface area contributed by atoms with Crippen molar-refractivity contribution in [3.05, 3.63) is 53.6 Å². The number of carbonyl (C=O) groups excluding carboxylic acids is 1. The molecule has 1 heterocycles. The van der Waals surface area contributed by atoms with E-state index in [-0.39, 0.29) is 12.5 Å². The van der Waals surface area contributed by atoms with Gasteiger partial charge in [0.15, 0.2) is 0 Å². The molecule has 1 N–H and O–H groups in total. The lowest BCUT2D eigenvalue weighted by Crippen LogP contribution is -2.37. The van der Waals surface area contributed by atoms with Crippen molar-refractivity contribution in [2.45, 2.75) is 6.92 Å². The minimum absolute atomic E-state index is 0.251.